The van der Waals surface area contributed by atoms with E-state index in [1.807, 2.05) is 24.3 Å². The van der Waals surface area contributed by atoms with Crippen LogP contribution < -0.4 is 5.32 Å². The Morgan fingerprint density at radius 2 is 1.88 bits per heavy atom. The smallest absolute Gasteiger partial charge is 0.276 e. The van der Waals surface area contributed by atoms with Crippen LogP contribution in [0.3, 0.4) is 0 Å². The zero-order valence-corrected chi connectivity index (χ0v) is 10.7. The van der Waals surface area contributed by atoms with Crippen LogP contribution in [0.1, 0.15) is 0 Å². The summed E-state index contributed by atoms with van der Waals surface area (Å²) < 4.78 is -1.98. The van der Waals surface area contributed by atoms with E-state index in [4.69, 9.17) is 34.8 Å². The lowest BCUT2D eigenvalue weighted by molar-refractivity contribution is -0.115. The van der Waals surface area contributed by atoms with Gasteiger partial charge in [0, 0.05) is 11.6 Å². The standard InChI is InChI=1S/C11H7Cl3N2O/c12-11(13,14)10(17)16-9-5-6-15-8-4-2-1-3-7(8)9/h1-6H,(H,15,16,17). The number of benzene rings is 1. The number of nitrogens with one attached hydrogen (secondary N) is 1. The first kappa shape index (κ1) is 12.4. The summed E-state index contributed by atoms with van der Waals surface area (Å²) in [5.41, 5.74) is 1.32. The number of para-hydroxylation sites is 1. The highest BCUT2D eigenvalue weighted by Gasteiger charge is 2.30. The van der Waals surface area contributed by atoms with Crippen LogP contribution in [0.2, 0.25) is 0 Å². The van der Waals surface area contributed by atoms with Crippen molar-refractivity contribution in [3.63, 3.8) is 0 Å². The van der Waals surface area contributed by atoms with E-state index in [1.165, 1.54) is 0 Å². The fourth-order valence-electron chi connectivity index (χ4n) is 1.40. The van der Waals surface area contributed by atoms with E-state index < -0.39 is 9.70 Å². The lowest BCUT2D eigenvalue weighted by Crippen LogP contribution is -2.27. The van der Waals surface area contributed by atoms with Gasteiger partial charge in [0.05, 0.1) is 11.2 Å². The quantitative estimate of drug-likeness (QED) is 0.816. The Morgan fingerprint density at radius 3 is 2.59 bits per heavy atom. The zero-order chi connectivity index (χ0) is 12.5. The average molecular weight is 290 g/mol. The Kier molecular flexibility index (Phi) is 3.43. The second kappa shape index (κ2) is 4.69. The molecular weight excluding hydrogens is 282 g/mol. The number of anilines is 1. The van der Waals surface area contributed by atoms with E-state index in [9.17, 15) is 4.79 Å². The number of hydrogen-bond acceptors (Lipinski definition) is 2. The number of pyridine rings is 1. The number of hydrogen-bond donors (Lipinski definition) is 1. The van der Waals surface area contributed by atoms with Crippen molar-refractivity contribution in [2.45, 2.75) is 3.79 Å². The molecule has 17 heavy (non-hydrogen) atoms. The van der Waals surface area contributed by atoms with Crippen molar-refractivity contribution in [3.8, 4) is 0 Å². The number of alkyl halides is 3. The summed E-state index contributed by atoms with van der Waals surface area (Å²) in [4.78, 5) is 15.7. The second-order valence-corrected chi connectivity index (χ2v) is 5.61. The minimum Gasteiger partial charge on any atom is -0.322 e. The van der Waals surface area contributed by atoms with Gasteiger partial charge < -0.3 is 5.32 Å². The molecule has 0 saturated carbocycles. The van der Waals surface area contributed by atoms with Gasteiger partial charge in [-0.3, -0.25) is 9.78 Å². The van der Waals surface area contributed by atoms with Crippen LogP contribution in [0.25, 0.3) is 10.9 Å². The monoisotopic (exact) mass is 288 g/mol. The van der Waals surface area contributed by atoms with E-state index in [0.717, 1.165) is 10.9 Å². The molecule has 0 aliphatic rings. The van der Waals surface area contributed by atoms with Gasteiger partial charge in [0.25, 0.3) is 9.70 Å². The Balaban J connectivity index is 2.40. The topological polar surface area (TPSA) is 42.0 Å². The molecule has 0 spiro atoms. The van der Waals surface area contributed by atoms with E-state index in [-0.39, 0.29) is 0 Å². The first-order valence-electron chi connectivity index (χ1n) is 4.70. The normalized spacial score (nSPS) is 11.5. The molecule has 0 radical (unpaired) electrons. The molecular formula is C11H7Cl3N2O. The third kappa shape index (κ3) is 2.80. The second-order valence-electron chi connectivity index (χ2n) is 3.33. The maximum atomic E-state index is 11.6. The third-order valence-electron chi connectivity index (χ3n) is 2.15. The van der Waals surface area contributed by atoms with Crippen molar-refractivity contribution < 1.29 is 4.79 Å². The van der Waals surface area contributed by atoms with E-state index in [2.05, 4.69) is 10.3 Å². The lowest BCUT2D eigenvalue weighted by atomic mass is 10.2. The first-order chi connectivity index (χ1) is 7.98. The van der Waals surface area contributed by atoms with Gasteiger partial charge >= 0.3 is 0 Å². The Morgan fingerprint density at radius 1 is 1.18 bits per heavy atom. The number of carbonyl (C=O) groups excluding carboxylic acids is 1. The highest BCUT2D eigenvalue weighted by atomic mass is 35.6. The number of aromatic nitrogens is 1. The molecule has 0 fully saturated rings. The lowest BCUT2D eigenvalue weighted by Gasteiger charge is -2.12. The molecule has 1 N–H and O–H groups in total. The van der Waals surface area contributed by atoms with Crippen LogP contribution >= 0.6 is 34.8 Å². The van der Waals surface area contributed by atoms with Crippen LogP contribution in [-0.4, -0.2) is 14.7 Å². The summed E-state index contributed by atoms with van der Waals surface area (Å²) in [5.74, 6) is -0.696. The highest BCUT2D eigenvalue weighted by Crippen LogP contribution is 2.29. The van der Waals surface area contributed by atoms with Crippen LogP contribution in [0.15, 0.2) is 36.5 Å². The molecule has 0 atom stereocenters. The number of fused-ring (bicyclic) bond motifs is 1. The summed E-state index contributed by atoms with van der Waals surface area (Å²) in [5, 5.41) is 3.34. The predicted octanol–water partition coefficient (Wildman–Crippen LogP) is 3.54. The van der Waals surface area contributed by atoms with Crippen molar-refractivity contribution >= 4 is 57.3 Å². The predicted molar refractivity (Wildman–Crippen MR) is 70.7 cm³/mol. The maximum absolute atomic E-state index is 11.6. The molecule has 88 valence electrons. The fraction of sp³-hybridized carbons (Fsp3) is 0.0909. The van der Waals surface area contributed by atoms with Gasteiger partial charge in [0.1, 0.15) is 0 Å². The van der Waals surface area contributed by atoms with Gasteiger partial charge in [0.2, 0.25) is 0 Å². The molecule has 0 saturated heterocycles. The largest absolute Gasteiger partial charge is 0.322 e. The summed E-state index contributed by atoms with van der Waals surface area (Å²) in [6.45, 7) is 0. The number of amides is 1. The average Bonchev–Trinajstić information content (AvgIpc) is 2.28. The van der Waals surface area contributed by atoms with Crippen LogP contribution in [-0.2, 0) is 4.79 Å². The molecule has 0 aliphatic heterocycles. The first-order valence-corrected chi connectivity index (χ1v) is 5.84. The van der Waals surface area contributed by atoms with E-state index in [0.29, 0.717) is 5.69 Å². The Labute approximate surface area is 113 Å². The van der Waals surface area contributed by atoms with Crippen LogP contribution in [0, 0.1) is 0 Å². The Hall–Kier alpha value is -1.03. The SMILES string of the molecule is O=C(Nc1ccnc2ccccc12)C(Cl)(Cl)Cl. The molecule has 0 unspecified atom stereocenters. The zero-order valence-electron chi connectivity index (χ0n) is 8.45. The Bertz CT molecular complexity index is 561. The molecule has 1 heterocycles. The molecule has 1 aromatic heterocycles. The maximum Gasteiger partial charge on any atom is 0.276 e. The van der Waals surface area contributed by atoms with Crippen molar-refractivity contribution in [2.75, 3.05) is 5.32 Å². The van der Waals surface area contributed by atoms with E-state index >= 15 is 0 Å². The molecule has 2 rings (SSSR count). The molecule has 0 bridgehead atoms. The van der Waals surface area contributed by atoms with Gasteiger partial charge in [-0.2, -0.15) is 0 Å². The molecule has 1 aromatic carbocycles. The number of halogens is 3. The molecule has 1 amide bonds. The fourth-order valence-corrected chi connectivity index (χ4v) is 1.54. The summed E-state index contributed by atoms with van der Waals surface area (Å²) in [6, 6.07) is 9.01. The van der Waals surface area contributed by atoms with Gasteiger partial charge in [-0.1, -0.05) is 53.0 Å². The van der Waals surface area contributed by atoms with Crippen molar-refractivity contribution in [1.29, 1.82) is 0 Å². The summed E-state index contributed by atoms with van der Waals surface area (Å²) >= 11 is 16.5. The molecule has 6 heteroatoms. The minimum absolute atomic E-state index is 0.562. The van der Waals surface area contributed by atoms with Gasteiger partial charge in [-0.05, 0) is 12.1 Å². The molecule has 2 aromatic rings. The van der Waals surface area contributed by atoms with Crippen LogP contribution in [0.4, 0.5) is 5.69 Å². The number of nitrogens with zero attached hydrogens (tertiary/aromatic N) is 1. The van der Waals surface area contributed by atoms with Crippen LogP contribution in [0.5, 0.6) is 0 Å². The van der Waals surface area contributed by atoms with Crippen molar-refractivity contribution in [3.05, 3.63) is 36.5 Å². The van der Waals surface area contributed by atoms with Crippen molar-refractivity contribution in [1.82, 2.24) is 4.98 Å². The van der Waals surface area contributed by atoms with E-state index in [1.54, 1.807) is 12.3 Å². The van der Waals surface area contributed by atoms with Gasteiger partial charge in [-0.15, -0.1) is 0 Å². The summed E-state index contributed by atoms with van der Waals surface area (Å²) in [7, 11) is 0. The minimum atomic E-state index is -1.98. The number of rotatable bonds is 1. The third-order valence-corrected chi connectivity index (χ3v) is 2.67. The number of carbonyl (C=O) groups is 1. The summed E-state index contributed by atoms with van der Waals surface area (Å²) in [6.07, 6.45) is 1.58. The highest BCUT2D eigenvalue weighted by molar-refractivity contribution is 6.76. The van der Waals surface area contributed by atoms with Gasteiger partial charge in [-0.25, -0.2) is 0 Å². The molecule has 3 nitrogen and oxygen atoms in total. The molecule has 0 aliphatic carbocycles. The van der Waals surface area contributed by atoms with Crippen molar-refractivity contribution in [2.24, 2.45) is 0 Å². The van der Waals surface area contributed by atoms with Gasteiger partial charge in [0.15, 0.2) is 0 Å².